The number of carbonyl (C=O) groups is 2. The Morgan fingerprint density at radius 3 is 2.30 bits per heavy atom. The molecule has 0 aromatic heterocycles. The third kappa shape index (κ3) is 4.64. The normalized spacial score (nSPS) is 18.0. The zero-order valence-corrected chi connectivity index (χ0v) is 17.1. The van der Waals surface area contributed by atoms with Crippen molar-refractivity contribution in [1.82, 2.24) is 10.2 Å². The number of piperidine rings is 1. The molecule has 2 aliphatic rings. The third-order valence-corrected chi connectivity index (χ3v) is 6.35. The molecule has 2 aromatic carbocycles. The molecular formula is C24H28FN3O2. The minimum atomic E-state index is -0.322. The molecular weight excluding hydrogens is 381 g/mol. The Labute approximate surface area is 176 Å². The van der Waals surface area contributed by atoms with Crippen LogP contribution in [0.2, 0.25) is 0 Å². The molecule has 5 nitrogen and oxygen atoms in total. The van der Waals surface area contributed by atoms with Crippen molar-refractivity contribution < 1.29 is 14.0 Å². The quantitative estimate of drug-likeness (QED) is 0.747. The number of likely N-dealkylation sites (tertiary alicyclic amines) is 1. The van der Waals surface area contributed by atoms with Crippen molar-refractivity contribution >= 4 is 17.6 Å². The summed E-state index contributed by atoms with van der Waals surface area (Å²) < 4.78 is 13.0. The summed E-state index contributed by atoms with van der Waals surface area (Å²) in [6, 6.07) is 15.7. The average molecular weight is 410 g/mol. The molecule has 2 fully saturated rings. The standard InChI is InChI=1S/C24H28FN3O2/c25-20-6-8-21(9-7-20)27-23(30)28-16-11-18(12-17-28)10-15-26-22(29)24(13-14-24)19-4-2-1-3-5-19/h1-9,18H,10-17H2,(H,26,29)(H,27,30). The number of rotatable bonds is 6. The second-order valence-electron chi connectivity index (χ2n) is 8.36. The summed E-state index contributed by atoms with van der Waals surface area (Å²) in [5.41, 5.74) is 1.39. The molecule has 6 heteroatoms. The third-order valence-electron chi connectivity index (χ3n) is 6.35. The van der Waals surface area contributed by atoms with Gasteiger partial charge in [0.15, 0.2) is 0 Å². The number of nitrogens with zero attached hydrogens (tertiary/aromatic N) is 1. The largest absolute Gasteiger partial charge is 0.355 e. The molecule has 2 aromatic rings. The molecule has 158 valence electrons. The zero-order valence-electron chi connectivity index (χ0n) is 17.1. The first-order valence-electron chi connectivity index (χ1n) is 10.7. The molecule has 1 aliphatic carbocycles. The van der Waals surface area contributed by atoms with E-state index in [1.54, 1.807) is 17.0 Å². The molecule has 2 N–H and O–H groups in total. The number of nitrogens with one attached hydrogen (secondary N) is 2. The number of hydrogen-bond donors (Lipinski definition) is 2. The zero-order chi connectivity index (χ0) is 21.0. The van der Waals surface area contributed by atoms with Crippen LogP contribution in [0.15, 0.2) is 54.6 Å². The highest BCUT2D eigenvalue weighted by Crippen LogP contribution is 2.48. The van der Waals surface area contributed by atoms with Crippen LogP contribution in [0, 0.1) is 11.7 Å². The van der Waals surface area contributed by atoms with Gasteiger partial charge in [-0.1, -0.05) is 30.3 Å². The van der Waals surface area contributed by atoms with Crippen LogP contribution in [-0.4, -0.2) is 36.5 Å². The minimum Gasteiger partial charge on any atom is -0.355 e. The van der Waals surface area contributed by atoms with E-state index in [1.807, 2.05) is 30.3 Å². The number of anilines is 1. The summed E-state index contributed by atoms with van der Waals surface area (Å²) >= 11 is 0. The van der Waals surface area contributed by atoms with Crippen LogP contribution in [0.25, 0.3) is 0 Å². The van der Waals surface area contributed by atoms with Crippen LogP contribution in [0.1, 0.15) is 37.7 Å². The number of amides is 3. The predicted molar refractivity (Wildman–Crippen MR) is 115 cm³/mol. The second kappa shape index (κ2) is 8.86. The SMILES string of the molecule is O=C(Nc1ccc(F)cc1)N1CCC(CCNC(=O)C2(c3ccccc3)CC2)CC1. The molecule has 0 radical (unpaired) electrons. The number of halogens is 1. The molecule has 1 saturated heterocycles. The van der Waals surface area contributed by atoms with Crippen molar-refractivity contribution in [2.45, 2.75) is 37.5 Å². The summed E-state index contributed by atoms with van der Waals surface area (Å²) in [7, 11) is 0. The lowest BCUT2D eigenvalue weighted by atomic mass is 9.92. The van der Waals surface area contributed by atoms with Gasteiger partial charge in [-0.05, 0) is 67.9 Å². The Bertz CT molecular complexity index is 873. The second-order valence-corrected chi connectivity index (χ2v) is 8.36. The van der Waals surface area contributed by atoms with Crippen molar-refractivity contribution in [3.63, 3.8) is 0 Å². The molecule has 3 amide bonds. The van der Waals surface area contributed by atoms with Crippen molar-refractivity contribution in [1.29, 1.82) is 0 Å². The number of hydrogen-bond acceptors (Lipinski definition) is 2. The Morgan fingerprint density at radius 1 is 1.00 bits per heavy atom. The summed E-state index contributed by atoms with van der Waals surface area (Å²) in [5, 5.41) is 5.95. The Hall–Kier alpha value is -2.89. The van der Waals surface area contributed by atoms with E-state index in [0.29, 0.717) is 31.2 Å². The van der Waals surface area contributed by atoms with E-state index in [4.69, 9.17) is 0 Å². The van der Waals surface area contributed by atoms with Gasteiger partial charge in [-0.15, -0.1) is 0 Å². The van der Waals surface area contributed by atoms with E-state index in [1.165, 1.54) is 12.1 Å². The summed E-state index contributed by atoms with van der Waals surface area (Å²) in [6.07, 6.45) is 4.63. The monoisotopic (exact) mass is 409 g/mol. The van der Waals surface area contributed by atoms with Crippen LogP contribution >= 0.6 is 0 Å². The maximum atomic E-state index is 13.0. The molecule has 4 rings (SSSR count). The van der Waals surface area contributed by atoms with Gasteiger partial charge < -0.3 is 15.5 Å². The first-order chi connectivity index (χ1) is 14.6. The van der Waals surface area contributed by atoms with Gasteiger partial charge in [0.1, 0.15) is 5.82 Å². The molecule has 1 aliphatic heterocycles. The van der Waals surface area contributed by atoms with Crippen LogP contribution in [0.3, 0.4) is 0 Å². The van der Waals surface area contributed by atoms with Gasteiger partial charge >= 0.3 is 6.03 Å². The van der Waals surface area contributed by atoms with E-state index >= 15 is 0 Å². The van der Waals surface area contributed by atoms with Gasteiger partial charge in [-0.3, -0.25) is 4.79 Å². The maximum absolute atomic E-state index is 13.0. The van der Waals surface area contributed by atoms with Crippen LogP contribution < -0.4 is 10.6 Å². The van der Waals surface area contributed by atoms with Crippen molar-refractivity contribution in [3.05, 3.63) is 66.0 Å². The van der Waals surface area contributed by atoms with Gasteiger partial charge in [0.05, 0.1) is 5.41 Å². The fourth-order valence-corrected chi connectivity index (χ4v) is 4.25. The molecule has 30 heavy (non-hydrogen) atoms. The topological polar surface area (TPSA) is 61.4 Å². The van der Waals surface area contributed by atoms with Crippen LogP contribution in [-0.2, 0) is 10.2 Å². The molecule has 0 spiro atoms. The molecule has 0 atom stereocenters. The van der Waals surface area contributed by atoms with E-state index in [-0.39, 0.29) is 23.2 Å². The van der Waals surface area contributed by atoms with Crippen molar-refractivity contribution in [3.8, 4) is 0 Å². The van der Waals surface area contributed by atoms with Gasteiger partial charge in [0.25, 0.3) is 0 Å². The van der Waals surface area contributed by atoms with Gasteiger partial charge in [-0.2, -0.15) is 0 Å². The Morgan fingerprint density at radius 2 is 1.67 bits per heavy atom. The van der Waals surface area contributed by atoms with Gasteiger partial charge in [0, 0.05) is 25.3 Å². The van der Waals surface area contributed by atoms with E-state index in [2.05, 4.69) is 10.6 Å². The number of carbonyl (C=O) groups excluding carboxylic acids is 2. The first kappa shape index (κ1) is 20.4. The highest BCUT2D eigenvalue weighted by atomic mass is 19.1. The van der Waals surface area contributed by atoms with Crippen LogP contribution in [0.5, 0.6) is 0 Å². The fourth-order valence-electron chi connectivity index (χ4n) is 4.25. The fraction of sp³-hybridized carbons (Fsp3) is 0.417. The molecule has 1 saturated carbocycles. The lowest BCUT2D eigenvalue weighted by Crippen LogP contribution is -2.42. The lowest BCUT2D eigenvalue weighted by molar-refractivity contribution is -0.123. The highest BCUT2D eigenvalue weighted by molar-refractivity contribution is 5.91. The maximum Gasteiger partial charge on any atom is 0.321 e. The van der Waals surface area contributed by atoms with Crippen LogP contribution in [0.4, 0.5) is 14.9 Å². The summed E-state index contributed by atoms with van der Waals surface area (Å²) in [4.78, 5) is 26.9. The lowest BCUT2D eigenvalue weighted by Gasteiger charge is -2.32. The number of benzene rings is 2. The summed E-state index contributed by atoms with van der Waals surface area (Å²) in [6.45, 7) is 2.07. The Balaban J connectivity index is 1.18. The molecule has 0 bridgehead atoms. The van der Waals surface area contributed by atoms with Crippen molar-refractivity contribution in [2.75, 3.05) is 25.0 Å². The predicted octanol–water partition coefficient (Wildman–Crippen LogP) is 4.31. The minimum absolute atomic E-state index is 0.143. The summed E-state index contributed by atoms with van der Waals surface area (Å²) in [5.74, 6) is 0.328. The first-order valence-corrected chi connectivity index (χ1v) is 10.7. The smallest absolute Gasteiger partial charge is 0.321 e. The average Bonchev–Trinajstić information content (AvgIpc) is 3.59. The Kier molecular flexibility index (Phi) is 6.02. The van der Waals surface area contributed by atoms with E-state index in [0.717, 1.165) is 37.7 Å². The van der Waals surface area contributed by atoms with Gasteiger partial charge in [0.2, 0.25) is 5.91 Å². The molecule has 1 heterocycles. The number of urea groups is 1. The van der Waals surface area contributed by atoms with E-state index < -0.39 is 0 Å². The van der Waals surface area contributed by atoms with E-state index in [9.17, 15) is 14.0 Å². The van der Waals surface area contributed by atoms with Crippen molar-refractivity contribution in [2.24, 2.45) is 5.92 Å². The molecule has 0 unspecified atom stereocenters. The highest BCUT2D eigenvalue weighted by Gasteiger charge is 2.50. The van der Waals surface area contributed by atoms with Gasteiger partial charge in [-0.25, -0.2) is 9.18 Å².